The Kier molecular flexibility index (Phi) is 9.29. The Morgan fingerprint density at radius 3 is 2.21 bits per heavy atom. The van der Waals surface area contributed by atoms with Gasteiger partial charge in [-0.2, -0.15) is 0 Å². The average molecular weight is 466 g/mol. The van der Waals surface area contributed by atoms with Crippen molar-refractivity contribution >= 4 is 11.8 Å². The van der Waals surface area contributed by atoms with E-state index in [1.54, 1.807) is 12.1 Å². The zero-order chi connectivity index (χ0) is 24.4. The highest BCUT2D eigenvalue weighted by Crippen LogP contribution is 2.23. The number of allylic oxidation sites excluding steroid dienone is 1. The van der Waals surface area contributed by atoms with E-state index in [0.717, 1.165) is 12.1 Å². The maximum absolute atomic E-state index is 12.7. The molecule has 2 aromatic carbocycles. The van der Waals surface area contributed by atoms with E-state index in [1.165, 1.54) is 24.3 Å². The zero-order valence-electron chi connectivity index (χ0n) is 17.9. The van der Waals surface area contributed by atoms with Gasteiger partial charge in [-0.05, 0) is 42.0 Å². The monoisotopic (exact) mass is 466 g/mol. The number of carbonyl (C=O) groups excluding carboxylic acids is 2. The first kappa shape index (κ1) is 25.7. The van der Waals surface area contributed by atoms with E-state index in [1.807, 2.05) is 6.92 Å². The second-order valence-electron chi connectivity index (χ2n) is 6.96. The molecule has 0 aliphatic rings. The van der Waals surface area contributed by atoms with Gasteiger partial charge in [0.2, 0.25) is 5.91 Å². The van der Waals surface area contributed by atoms with Crippen LogP contribution < -0.4 is 20.1 Å². The maximum Gasteiger partial charge on any atom is 0.573 e. The standard InChI is InChI=1S/C23H25F3N2O5/c1-3-15(2)32-18-10-6-17(7-11-18)21(30)28-20(22(31)27-12-13-29)14-16-4-8-19(9-5-16)33-23(24,25)26/h4-11,20,29H,2-3,12-14H2,1H3,(H,27,31)(H,28,30). The number of aliphatic hydroxyl groups is 1. The molecule has 2 amide bonds. The van der Waals surface area contributed by atoms with Crippen molar-refractivity contribution in [2.24, 2.45) is 0 Å². The van der Waals surface area contributed by atoms with E-state index in [0.29, 0.717) is 23.5 Å². The van der Waals surface area contributed by atoms with Gasteiger partial charge in [0.25, 0.3) is 5.91 Å². The SMILES string of the molecule is C=C(CC)Oc1ccc(C(=O)NC(Cc2ccc(OC(F)(F)F)cc2)C(=O)NCCO)cc1. The lowest BCUT2D eigenvalue weighted by molar-refractivity contribution is -0.274. The summed E-state index contributed by atoms with van der Waals surface area (Å²) in [6, 6.07) is 10.2. The van der Waals surface area contributed by atoms with Gasteiger partial charge >= 0.3 is 6.36 Å². The Morgan fingerprint density at radius 2 is 1.67 bits per heavy atom. The van der Waals surface area contributed by atoms with Crippen molar-refractivity contribution in [2.75, 3.05) is 13.2 Å². The molecule has 0 bridgehead atoms. The van der Waals surface area contributed by atoms with Gasteiger partial charge in [0.05, 0.1) is 12.4 Å². The van der Waals surface area contributed by atoms with Gasteiger partial charge in [0.15, 0.2) is 0 Å². The molecule has 0 aliphatic heterocycles. The van der Waals surface area contributed by atoms with Gasteiger partial charge in [-0.3, -0.25) is 9.59 Å². The minimum absolute atomic E-state index is 0.00676. The molecular weight excluding hydrogens is 441 g/mol. The number of amides is 2. The topological polar surface area (TPSA) is 96.9 Å². The third-order valence-corrected chi connectivity index (χ3v) is 4.40. The summed E-state index contributed by atoms with van der Waals surface area (Å²) < 4.78 is 46.3. The van der Waals surface area contributed by atoms with Crippen LogP contribution in [0.1, 0.15) is 29.3 Å². The molecule has 1 atom stereocenters. The molecule has 0 fully saturated rings. The van der Waals surface area contributed by atoms with Crippen molar-refractivity contribution in [1.29, 1.82) is 0 Å². The lowest BCUT2D eigenvalue weighted by atomic mass is 10.0. The Bertz CT molecular complexity index is 944. The number of ether oxygens (including phenoxy) is 2. The summed E-state index contributed by atoms with van der Waals surface area (Å²) in [6.07, 6.45) is -4.17. The molecule has 0 radical (unpaired) electrons. The fourth-order valence-corrected chi connectivity index (χ4v) is 2.73. The molecule has 2 aromatic rings. The fraction of sp³-hybridized carbons (Fsp3) is 0.304. The van der Waals surface area contributed by atoms with Crippen molar-refractivity contribution in [2.45, 2.75) is 32.2 Å². The second kappa shape index (κ2) is 11.9. The van der Waals surface area contributed by atoms with Crippen LogP contribution in [0.3, 0.4) is 0 Å². The second-order valence-corrected chi connectivity index (χ2v) is 6.96. The van der Waals surface area contributed by atoms with E-state index < -0.39 is 30.0 Å². The van der Waals surface area contributed by atoms with E-state index in [9.17, 15) is 22.8 Å². The molecule has 3 N–H and O–H groups in total. The Hall–Kier alpha value is -3.53. The number of hydrogen-bond donors (Lipinski definition) is 3. The van der Waals surface area contributed by atoms with Crippen molar-refractivity contribution < 1.29 is 37.3 Å². The van der Waals surface area contributed by atoms with Gasteiger partial charge in [-0.15, -0.1) is 13.2 Å². The molecule has 7 nitrogen and oxygen atoms in total. The van der Waals surface area contributed by atoms with E-state index in [2.05, 4.69) is 21.9 Å². The maximum atomic E-state index is 12.7. The number of hydrogen-bond acceptors (Lipinski definition) is 5. The highest BCUT2D eigenvalue weighted by molar-refractivity contribution is 5.97. The molecule has 0 saturated carbocycles. The molecule has 0 heterocycles. The number of rotatable bonds is 11. The highest BCUT2D eigenvalue weighted by atomic mass is 19.4. The molecule has 0 aromatic heterocycles. The van der Waals surface area contributed by atoms with Crippen molar-refractivity contribution in [3.63, 3.8) is 0 Å². The minimum atomic E-state index is -4.81. The summed E-state index contributed by atoms with van der Waals surface area (Å²) in [6.45, 7) is 5.33. The molecular formula is C23H25F3N2O5. The van der Waals surface area contributed by atoms with Crippen LogP contribution in [0.2, 0.25) is 0 Å². The molecule has 2 rings (SSSR count). The predicted octanol–water partition coefficient (Wildman–Crippen LogP) is 3.34. The molecule has 0 aliphatic carbocycles. The first-order valence-corrected chi connectivity index (χ1v) is 10.1. The Balaban J connectivity index is 2.11. The van der Waals surface area contributed by atoms with Crippen molar-refractivity contribution in [3.8, 4) is 11.5 Å². The van der Waals surface area contributed by atoms with Crippen LogP contribution in [0.25, 0.3) is 0 Å². The van der Waals surface area contributed by atoms with Crippen LogP contribution in [0.4, 0.5) is 13.2 Å². The third kappa shape index (κ3) is 8.85. The fourth-order valence-electron chi connectivity index (χ4n) is 2.73. The zero-order valence-corrected chi connectivity index (χ0v) is 17.9. The van der Waals surface area contributed by atoms with Crippen LogP contribution in [-0.2, 0) is 11.2 Å². The van der Waals surface area contributed by atoms with Crippen LogP contribution in [0.15, 0.2) is 60.9 Å². The first-order chi connectivity index (χ1) is 15.6. The molecule has 10 heteroatoms. The van der Waals surface area contributed by atoms with Gasteiger partial charge in [-0.1, -0.05) is 25.6 Å². The number of alkyl halides is 3. The largest absolute Gasteiger partial charge is 0.573 e. The number of aliphatic hydroxyl groups excluding tert-OH is 1. The van der Waals surface area contributed by atoms with E-state index >= 15 is 0 Å². The summed E-state index contributed by atoms with van der Waals surface area (Å²) in [4.78, 5) is 25.2. The Morgan fingerprint density at radius 1 is 1.06 bits per heavy atom. The minimum Gasteiger partial charge on any atom is -0.462 e. The number of carbonyl (C=O) groups is 2. The van der Waals surface area contributed by atoms with Gasteiger partial charge < -0.3 is 25.2 Å². The van der Waals surface area contributed by atoms with Crippen molar-refractivity contribution in [1.82, 2.24) is 10.6 Å². The lowest BCUT2D eigenvalue weighted by Crippen LogP contribution is -2.48. The van der Waals surface area contributed by atoms with Gasteiger partial charge in [0.1, 0.15) is 17.5 Å². The molecule has 1 unspecified atom stereocenters. The van der Waals surface area contributed by atoms with Crippen LogP contribution >= 0.6 is 0 Å². The van der Waals surface area contributed by atoms with E-state index in [4.69, 9.17) is 9.84 Å². The molecule has 0 saturated heterocycles. The van der Waals surface area contributed by atoms with Crippen molar-refractivity contribution in [3.05, 3.63) is 72.0 Å². The smallest absolute Gasteiger partial charge is 0.462 e. The predicted molar refractivity (Wildman–Crippen MR) is 115 cm³/mol. The van der Waals surface area contributed by atoms with Gasteiger partial charge in [-0.25, -0.2) is 0 Å². The Labute approximate surface area is 189 Å². The number of nitrogens with one attached hydrogen (secondary N) is 2. The highest BCUT2D eigenvalue weighted by Gasteiger charge is 2.31. The van der Waals surface area contributed by atoms with Crippen LogP contribution in [0, 0.1) is 0 Å². The average Bonchev–Trinajstić information content (AvgIpc) is 2.77. The summed E-state index contributed by atoms with van der Waals surface area (Å²) in [5.74, 6) is -0.398. The quantitative estimate of drug-likeness (QED) is 0.442. The first-order valence-electron chi connectivity index (χ1n) is 10.1. The summed E-state index contributed by atoms with van der Waals surface area (Å²) in [7, 11) is 0. The van der Waals surface area contributed by atoms with Gasteiger partial charge in [0, 0.05) is 24.9 Å². The van der Waals surface area contributed by atoms with Crippen LogP contribution in [0.5, 0.6) is 11.5 Å². The number of halogens is 3. The normalized spacial score (nSPS) is 11.9. The van der Waals surface area contributed by atoms with Crippen LogP contribution in [-0.4, -0.2) is 42.5 Å². The summed E-state index contributed by atoms with van der Waals surface area (Å²) in [5.41, 5.74) is 0.772. The lowest BCUT2D eigenvalue weighted by Gasteiger charge is -2.19. The molecule has 0 spiro atoms. The molecule has 178 valence electrons. The summed E-state index contributed by atoms with van der Waals surface area (Å²) >= 11 is 0. The van der Waals surface area contributed by atoms with E-state index in [-0.39, 0.29) is 25.1 Å². The summed E-state index contributed by atoms with van der Waals surface area (Å²) in [5, 5.41) is 14.0. The third-order valence-electron chi connectivity index (χ3n) is 4.40. The number of benzene rings is 2. The molecule has 33 heavy (non-hydrogen) atoms.